The van der Waals surface area contributed by atoms with E-state index in [0.717, 1.165) is 67.8 Å². The van der Waals surface area contributed by atoms with E-state index in [2.05, 4.69) is 35.8 Å². The Morgan fingerprint density at radius 3 is 2.48 bits per heavy atom. The number of para-hydroxylation sites is 1. The van der Waals surface area contributed by atoms with E-state index in [4.69, 9.17) is 14.6 Å². The van der Waals surface area contributed by atoms with Crippen molar-refractivity contribution in [2.24, 2.45) is 11.8 Å². The van der Waals surface area contributed by atoms with Crippen LogP contribution >= 0.6 is 0 Å². The van der Waals surface area contributed by atoms with Crippen LogP contribution in [0.1, 0.15) is 65.9 Å². The molecule has 3 aliphatic rings. The van der Waals surface area contributed by atoms with Gasteiger partial charge in [-0.3, -0.25) is 4.79 Å². The van der Waals surface area contributed by atoms with Gasteiger partial charge in [-0.2, -0.15) is 5.10 Å². The SMILES string of the molecule is COC(=O)c1cc(OC)c2c(C)c(-c3cc4cccc(C5CN(C(=O)[C@H]6CC[C@H](O)CC6)C5)c4n3CC3CC3)nn2c1. The fraction of sp³-hybridized carbons (Fsp3) is 0.485. The minimum atomic E-state index is -0.438. The lowest BCUT2D eigenvalue weighted by atomic mass is 9.83. The van der Waals surface area contributed by atoms with Crippen LogP contribution in [-0.2, 0) is 16.1 Å². The number of fused-ring (bicyclic) bond motifs is 2. The zero-order chi connectivity index (χ0) is 29.1. The molecule has 1 amide bonds. The Balaban J connectivity index is 1.26. The van der Waals surface area contributed by atoms with Crippen molar-refractivity contribution in [3.8, 4) is 17.1 Å². The third-order valence-corrected chi connectivity index (χ3v) is 9.58. The van der Waals surface area contributed by atoms with Crippen LogP contribution in [0.3, 0.4) is 0 Å². The molecule has 0 spiro atoms. The number of carbonyl (C=O) groups excluding carboxylic acids is 2. The molecular formula is C33H38N4O5. The van der Waals surface area contributed by atoms with Crippen LogP contribution in [0.25, 0.3) is 27.8 Å². The number of methoxy groups -OCH3 is 2. The summed E-state index contributed by atoms with van der Waals surface area (Å²) in [6.07, 6.45) is 6.92. The maximum atomic E-state index is 13.2. The number of nitrogens with zero attached hydrogens (tertiary/aromatic N) is 4. The van der Waals surface area contributed by atoms with E-state index in [0.29, 0.717) is 17.2 Å². The predicted molar refractivity (Wildman–Crippen MR) is 159 cm³/mol. The molecule has 0 unspecified atom stereocenters. The average molecular weight is 571 g/mol. The van der Waals surface area contributed by atoms with Crippen molar-refractivity contribution in [3.63, 3.8) is 0 Å². The molecule has 3 fully saturated rings. The normalized spacial score (nSPS) is 21.1. The summed E-state index contributed by atoms with van der Waals surface area (Å²) in [6.45, 7) is 4.45. The lowest BCUT2D eigenvalue weighted by molar-refractivity contribution is -0.141. The Labute approximate surface area is 245 Å². The molecule has 4 aromatic rings. The Bertz CT molecular complexity index is 1690. The number of pyridine rings is 1. The summed E-state index contributed by atoms with van der Waals surface area (Å²) >= 11 is 0. The highest BCUT2D eigenvalue weighted by atomic mass is 16.5. The summed E-state index contributed by atoms with van der Waals surface area (Å²) in [4.78, 5) is 27.5. The monoisotopic (exact) mass is 570 g/mol. The van der Waals surface area contributed by atoms with E-state index in [1.807, 2.05) is 4.90 Å². The first-order chi connectivity index (χ1) is 20.4. The molecule has 4 heterocycles. The summed E-state index contributed by atoms with van der Waals surface area (Å²) in [5.74, 6) is 1.37. The first-order valence-electron chi connectivity index (χ1n) is 15.1. The van der Waals surface area contributed by atoms with Gasteiger partial charge in [-0.15, -0.1) is 0 Å². The number of rotatable bonds is 7. The Kier molecular flexibility index (Phi) is 6.72. The third-order valence-electron chi connectivity index (χ3n) is 9.58. The molecule has 0 bridgehead atoms. The van der Waals surface area contributed by atoms with Gasteiger partial charge < -0.3 is 24.0 Å². The van der Waals surface area contributed by atoms with E-state index in [9.17, 15) is 14.7 Å². The van der Waals surface area contributed by atoms with Gasteiger partial charge in [0, 0.05) is 48.6 Å². The summed E-state index contributed by atoms with van der Waals surface area (Å²) in [7, 11) is 2.97. The Hall–Kier alpha value is -3.85. The summed E-state index contributed by atoms with van der Waals surface area (Å²) in [6, 6.07) is 10.5. The number of aromatic nitrogens is 3. The zero-order valence-electron chi connectivity index (χ0n) is 24.5. The number of likely N-dealkylation sites (tertiary alicyclic amines) is 1. The van der Waals surface area contributed by atoms with E-state index in [1.165, 1.54) is 36.4 Å². The van der Waals surface area contributed by atoms with Crippen molar-refractivity contribution < 1.29 is 24.2 Å². The van der Waals surface area contributed by atoms with Gasteiger partial charge in [0.2, 0.25) is 5.91 Å². The number of hydrogen-bond donors (Lipinski definition) is 1. The maximum absolute atomic E-state index is 13.2. The van der Waals surface area contributed by atoms with E-state index >= 15 is 0 Å². The zero-order valence-corrected chi connectivity index (χ0v) is 24.5. The van der Waals surface area contributed by atoms with Gasteiger partial charge >= 0.3 is 5.97 Å². The molecular weight excluding hydrogens is 532 g/mol. The molecule has 1 saturated heterocycles. The topological polar surface area (TPSA) is 98.3 Å². The van der Waals surface area contributed by atoms with Gasteiger partial charge in [-0.05, 0) is 69.1 Å². The Morgan fingerprint density at radius 2 is 1.79 bits per heavy atom. The number of benzene rings is 1. The minimum absolute atomic E-state index is 0.0465. The second-order valence-electron chi connectivity index (χ2n) is 12.4. The molecule has 7 rings (SSSR count). The second-order valence-corrected chi connectivity index (χ2v) is 12.4. The number of aryl methyl sites for hydroxylation is 1. The summed E-state index contributed by atoms with van der Waals surface area (Å²) < 4.78 is 14.8. The van der Waals surface area contributed by atoms with Crippen LogP contribution in [0.15, 0.2) is 36.5 Å². The molecule has 1 aliphatic heterocycles. The van der Waals surface area contributed by atoms with E-state index in [-0.39, 0.29) is 23.8 Å². The van der Waals surface area contributed by atoms with Gasteiger partial charge in [-0.25, -0.2) is 9.31 Å². The molecule has 0 radical (unpaired) electrons. The molecule has 3 aromatic heterocycles. The fourth-order valence-electron chi connectivity index (χ4n) is 6.98. The number of carbonyl (C=O) groups is 2. The summed E-state index contributed by atoms with van der Waals surface area (Å²) in [5, 5.41) is 16.0. The summed E-state index contributed by atoms with van der Waals surface area (Å²) in [5.41, 5.74) is 6.63. The minimum Gasteiger partial charge on any atom is -0.494 e. The first-order valence-corrected chi connectivity index (χ1v) is 15.1. The highest BCUT2D eigenvalue weighted by molar-refractivity contribution is 5.93. The lowest BCUT2D eigenvalue weighted by Crippen LogP contribution is -2.51. The van der Waals surface area contributed by atoms with Crippen LogP contribution in [0.2, 0.25) is 0 Å². The number of hydrogen-bond acceptors (Lipinski definition) is 6. The van der Waals surface area contributed by atoms with E-state index < -0.39 is 5.97 Å². The highest BCUT2D eigenvalue weighted by Crippen LogP contribution is 2.42. The molecule has 9 heteroatoms. The molecule has 1 N–H and O–H groups in total. The van der Waals surface area contributed by atoms with Crippen molar-refractivity contribution in [3.05, 3.63) is 53.2 Å². The lowest BCUT2D eigenvalue weighted by Gasteiger charge is -2.42. The van der Waals surface area contributed by atoms with Gasteiger partial charge in [-0.1, -0.05) is 18.2 Å². The number of aliphatic hydroxyl groups excluding tert-OH is 1. The fourth-order valence-corrected chi connectivity index (χ4v) is 6.98. The van der Waals surface area contributed by atoms with Crippen molar-refractivity contribution in [2.75, 3.05) is 27.3 Å². The molecule has 9 nitrogen and oxygen atoms in total. The molecule has 2 saturated carbocycles. The van der Waals surface area contributed by atoms with Crippen molar-refractivity contribution >= 4 is 28.3 Å². The first kappa shape index (κ1) is 27.0. The van der Waals surface area contributed by atoms with Gasteiger partial charge in [0.1, 0.15) is 17.0 Å². The quantitative estimate of drug-likeness (QED) is 0.316. The van der Waals surface area contributed by atoms with Crippen molar-refractivity contribution in [2.45, 2.75) is 64.0 Å². The number of amides is 1. The molecule has 2 aliphatic carbocycles. The largest absolute Gasteiger partial charge is 0.494 e. The number of aliphatic hydroxyl groups is 1. The van der Waals surface area contributed by atoms with Gasteiger partial charge in [0.05, 0.1) is 37.1 Å². The molecule has 0 atom stereocenters. The predicted octanol–water partition coefficient (Wildman–Crippen LogP) is 4.95. The third kappa shape index (κ3) is 4.54. The Morgan fingerprint density at radius 1 is 1.02 bits per heavy atom. The smallest absolute Gasteiger partial charge is 0.339 e. The average Bonchev–Trinajstić information content (AvgIpc) is 3.64. The van der Waals surface area contributed by atoms with Crippen LogP contribution in [0.5, 0.6) is 5.75 Å². The second kappa shape index (κ2) is 10.5. The van der Waals surface area contributed by atoms with Gasteiger partial charge in [0.15, 0.2) is 0 Å². The molecule has 220 valence electrons. The molecule has 1 aromatic carbocycles. The molecule has 42 heavy (non-hydrogen) atoms. The van der Waals surface area contributed by atoms with Crippen LogP contribution in [-0.4, -0.2) is 69.5 Å². The van der Waals surface area contributed by atoms with Crippen LogP contribution in [0.4, 0.5) is 0 Å². The van der Waals surface area contributed by atoms with Gasteiger partial charge in [0.25, 0.3) is 0 Å². The standard InChI is InChI=1S/C33H38N4O5/c1-19-29(34-37-18-23(33(40)42-3)14-28(41-2)30(19)37)27-13-22-5-4-6-26(31(22)36(27)15-20-7-8-20)24-16-35(17-24)32(39)21-9-11-25(38)12-10-21/h4-6,13-14,18,20-21,24-25,38H,7-12,15-17H2,1-3H3/t21-,25-. The number of esters is 1. The van der Waals surface area contributed by atoms with E-state index in [1.54, 1.807) is 23.9 Å². The van der Waals surface area contributed by atoms with Crippen molar-refractivity contribution in [1.82, 2.24) is 19.1 Å². The highest BCUT2D eigenvalue weighted by Gasteiger charge is 2.38. The number of ether oxygens (including phenoxy) is 2. The maximum Gasteiger partial charge on any atom is 0.339 e. The van der Waals surface area contributed by atoms with Crippen LogP contribution < -0.4 is 4.74 Å². The van der Waals surface area contributed by atoms with Crippen molar-refractivity contribution in [1.29, 1.82) is 0 Å². The van der Waals surface area contributed by atoms with Crippen LogP contribution in [0, 0.1) is 18.8 Å².